The van der Waals surface area contributed by atoms with Crippen LogP contribution in [0.2, 0.25) is 0 Å². The van der Waals surface area contributed by atoms with Crippen LogP contribution in [-0.4, -0.2) is 11.7 Å². The van der Waals surface area contributed by atoms with E-state index < -0.39 is 17.5 Å². The fourth-order valence-corrected chi connectivity index (χ4v) is 2.87. The van der Waals surface area contributed by atoms with E-state index in [-0.39, 0.29) is 18.1 Å². The summed E-state index contributed by atoms with van der Waals surface area (Å²) < 4.78 is 40.1. The summed E-state index contributed by atoms with van der Waals surface area (Å²) in [6.07, 6.45) is 3.87. The zero-order valence-corrected chi connectivity index (χ0v) is 10.1. The van der Waals surface area contributed by atoms with Crippen LogP contribution in [0.1, 0.15) is 43.6 Å². The highest BCUT2D eigenvalue weighted by atomic mass is 19.1. The number of benzene rings is 1. The quantitative estimate of drug-likeness (QED) is 0.875. The summed E-state index contributed by atoms with van der Waals surface area (Å²) in [6.45, 7) is 0.161. The molecule has 0 amide bonds. The first kappa shape index (κ1) is 13.4. The van der Waals surface area contributed by atoms with Crippen LogP contribution in [0.25, 0.3) is 0 Å². The highest BCUT2D eigenvalue weighted by Crippen LogP contribution is 2.39. The molecule has 1 nitrogen and oxygen atoms in total. The van der Waals surface area contributed by atoms with Crippen LogP contribution >= 0.6 is 0 Å². The lowest BCUT2D eigenvalue weighted by Gasteiger charge is -2.28. The average molecular weight is 258 g/mol. The minimum absolute atomic E-state index is 0.0267. The van der Waals surface area contributed by atoms with Gasteiger partial charge in [-0.2, -0.15) is 0 Å². The molecule has 2 rings (SSSR count). The van der Waals surface area contributed by atoms with Crippen LogP contribution in [0.3, 0.4) is 0 Å². The van der Waals surface area contributed by atoms with Gasteiger partial charge in [0, 0.05) is 24.3 Å². The van der Waals surface area contributed by atoms with Crippen molar-refractivity contribution in [1.29, 1.82) is 0 Å². The number of halogens is 3. The van der Waals surface area contributed by atoms with Crippen molar-refractivity contribution in [1.82, 2.24) is 0 Å². The molecule has 1 aromatic rings. The topological polar surface area (TPSA) is 20.2 Å². The highest BCUT2D eigenvalue weighted by Gasteiger charge is 2.26. The summed E-state index contributed by atoms with van der Waals surface area (Å²) in [6, 6.07) is 1.50. The lowest BCUT2D eigenvalue weighted by Crippen LogP contribution is -2.16. The summed E-state index contributed by atoms with van der Waals surface area (Å²) >= 11 is 0. The number of aliphatic hydroxyl groups is 1. The molecule has 1 aliphatic rings. The third kappa shape index (κ3) is 2.86. The molecule has 4 heteroatoms. The maximum Gasteiger partial charge on any atom is 0.132 e. The van der Waals surface area contributed by atoms with Gasteiger partial charge in [-0.05, 0) is 43.9 Å². The van der Waals surface area contributed by atoms with Crippen molar-refractivity contribution in [3.63, 3.8) is 0 Å². The Labute approximate surface area is 105 Å². The molecule has 0 saturated heterocycles. The number of aliphatic hydroxyl groups excluding tert-OH is 1. The van der Waals surface area contributed by atoms with E-state index >= 15 is 0 Å². The molecule has 0 atom stereocenters. The zero-order valence-electron chi connectivity index (χ0n) is 10.1. The molecule has 18 heavy (non-hydrogen) atoms. The van der Waals surface area contributed by atoms with Crippen LogP contribution < -0.4 is 0 Å². The average Bonchev–Trinajstić information content (AvgIpc) is 2.30. The minimum Gasteiger partial charge on any atom is -0.396 e. The molecule has 1 N–H and O–H groups in total. The standard InChI is InChI=1S/C14H17F3O/c15-11-7-12(16)14(13(17)8-11)10-3-1-9(2-4-10)5-6-18/h7-10,18H,1-6H2. The summed E-state index contributed by atoms with van der Waals surface area (Å²) in [5, 5.41) is 8.86. The van der Waals surface area contributed by atoms with E-state index in [9.17, 15) is 13.2 Å². The van der Waals surface area contributed by atoms with Gasteiger partial charge in [-0.3, -0.25) is 0 Å². The summed E-state index contributed by atoms with van der Waals surface area (Å²) in [7, 11) is 0. The molecule has 1 aliphatic carbocycles. The van der Waals surface area contributed by atoms with Crippen molar-refractivity contribution in [3.05, 3.63) is 35.1 Å². The second-order valence-corrected chi connectivity index (χ2v) is 5.01. The molecule has 0 spiro atoms. The Balaban J connectivity index is 2.10. The van der Waals surface area contributed by atoms with Gasteiger partial charge in [0.1, 0.15) is 17.5 Å². The third-order valence-electron chi connectivity index (χ3n) is 3.84. The summed E-state index contributed by atoms with van der Waals surface area (Å²) in [5.41, 5.74) is 0.0267. The predicted molar refractivity (Wildman–Crippen MR) is 62.7 cm³/mol. The molecule has 0 aromatic heterocycles. The molecule has 1 aromatic carbocycles. The predicted octanol–water partition coefficient (Wildman–Crippen LogP) is 3.76. The molecule has 0 heterocycles. The lowest BCUT2D eigenvalue weighted by atomic mass is 9.77. The lowest BCUT2D eigenvalue weighted by molar-refractivity contribution is 0.220. The van der Waals surface area contributed by atoms with Gasteiger partial charge in [-0.1, -0.05) is 0 Å². The maximum absolute atomic E-state index is 13.6. The van der Waals surface area contributed by atoms with Crippen LogP contribution in [-0.2, 0) is 0 Å². The van der Waals surface area contributed by atoms with E-state index in [1.54, 1.807) is 0 Å². The van der Waals surface area contributed by atoms with Gasteiger partial charge in [0.25, 0.3) is 0 Å². The van der Waals surface area contributed by atoms with E-state index in [0.29, 0.717) is 18.8 Å². The largest absolute Gasteiger partial charge is 0.396 e. The molecular weight excluding hydrogens is 241 g/mol. The molecule has 1 fully saturated rings. The number of hydrogen-bond donors (Lipinski definition) is 1. The van der Waals surface area contributed by atoms with Gasteiger partial charge in [0.15, 0.2) is 0 Å². The van der Waals surface area contributed by atoms with Crippen molar-refractivity contribution in [2.24, 2.45) is 5.92 Å². The Morgan fingerprint density at radius 2 is 1.56 bits per heavy atom. The van der Waals surface area contributed by atoms with E-state index in [4.69, 9.17) is 5.11 Å². The second-order valence-electron chi connectivity index (χ2n) is 5.01. The third-order valence-corrected chi connectivity index (χ3v) is 3.84. The maximum atomic E-state index is 13.6. The Morgan fingerprint density at radius 3 is 2.06 bits per heavy atom. The molecule has 0 unspecified atom stereocenters. The summed E-state index contributed by atoms with van der Waals surface area (Å²) in [4.78, 5) is 0. The Bertz CT molecular complexity index is 388. The molecule has 0 bridgehead atoms. The van der Waals surface area contributed by atoms with Gasteiger partial charge < -0.3 is 5.11 Å². The smallest absolute Gasteiger partial charge is 0.132 e. The van der Waals surface area contributed by atoms with Crippen molar-refractivity contribution in [2.75, 3.05) is 6.61 Å². The van der Waals surface area contributed by atoms with Gasteiger partial charge in [0.2, 0.25) is 0 Å². The highest BCUT2D eigenvalue weighted by molar-refractivity contribution is 5.25. The Hall–Kier alpha value is -1.03. The molecule has 0 aliphatic heterocycles. The van der Waals surface area contributed by atoms with Crippen molar-refractivity contribution < 1.29 is 18.3 Å². The van der Waals surface area contributed by atoms with Gasteiger partial charge >= 0.3 is 0 Å². The first-order chi connectivity index (χ1) is 8.61. The van der Waals surface area contributed by atoms with Crippen molar-refractivity contribution in [3.8, 4) is 0 Å². The number of hydrogen-bond acceptors (Lipinski definition) is 1. The monoisotopic (exact) mass is 258 g/mol. The number of rotatable bonds is 3. The molecular formula is C14H17F3O. The SMILES string of the molecule is OCCC1CCC(c2c(F)cc(F)cc2F)CC1. The zero-order chi connectivity index (χ0) is 13.1. The van der Waals surface area contributed by atoms with Crippen LogP contribution in [0, 0.1) is 23.4 Å². The Kier molecular flexibility index (Phi) is 4.27. The van der Waals surface area contributed by atoms with E-state index in [1.807, 2.05) is 0 Å². The normalized spacial score (nSPS) is 24.2. The van der Waals surface area contributed by atoms with Crippen molar-refractivity contribution >= 4 is 0 Å². The van der Waals surface area contributed by atoms with Gasteiger partial charge in [-0.15, -0.1) is 0 Å². The fourth-order valence-electron chi connectivity index (χ4n) is 2.87. The van der Waals surface area contributed by atoms with Crippen molar-refractivity contribution in [2.45, 2.75) is 38.0 Å². The Morgan fingerprint density at radius 1 is 1.00 bits per heavy atom. The molecule has 100 valence electrons. The minimum atomic E-state index is -0.872. The van der Waals surface area contributed by atoms with Gasteiger partial charge in [0.05, 0.1) is 0 Å². The fraction of sp³-hybridized carbons (Fsp3) is 0.571. The first-order valence-corrected chi connectivity index (χ1v) is 6.37. The van der Waals surface area contributed by atoms with E-state index in [0.717, 1.165) is 31.4 Å². The van der Waals surface area contributed by atoms with E-state index in [2.05, 4.69) is 0 Å². The van der Waals surface area contributed by atoms with Crippen LogP contribution in [0.5, 0.6) is 0 Å². The van der Waals surface area contributed by atoms with Crippen LogP contribution in [0.15, 0.2) is 12.1 Å². The van der Waals surface area contributed by atoms with Gasteiger partial charge in [-0.25, -0.2) is 13.2 Å². The molecule has 0 radical (unpaired) electrons. The first-order valence-electron chi connectivity index (χ1n) is 6.37. The summed E-state index contributed by atoms with van der Waals surface area (Å²) in [5.74, 6) is -2.16. The second kappa shape index (κ2) is 5.74. The van der Waals surface area contributed by atoms with E-state index in [1.165, 1.54) is 0 Å². The van der Waals surface area contributed by atoms with Crippen LogP contribution in [0.4, 0.5) is 13.2 Å². The molecule has 1 saturated carbocycles.